The highest BCUT2D eigenvalue weighted by Gasteiger charge is 2.24. The highest BCUT2D eigenvalue weighted by atomic mass is 16.5. The Bertz CT molecular complexity index is 1030. The normalized spacial score (nSPS) is 16.0. The second kappa shape index (κ2) is 10.3. The third-order valence-electron chi connectivity index (χ3n) is 4.81. The van der Waals surface area contributed by atoms with Crippen molar-refractivity contribution in [1.29, 1.82) is 0 Å². The van der Waals surface area contributed by atoms with E-state index in [1.54, 1.807) is 25.5 Å². The second-order valence-corrected chi connectivity index (χ2v) is 7.12. The van der Waals surface area contributed by atoms with Crippen LogP contribution in [0.1, 0.15) is 34.6 Å². The van der Waals surface area contributed by atoms with Gasteiger partial charge in [-0.15, -0.1) is 0 Å². The fourth-order valence-electron chi connectivity index (χ4n) is 3.20. The van der Waals surface area contributed by atoms with E-state index in [1.165, 1.54) is 0 Å². The van der Waals surface area contributed by atoms with Crippen molar-refractivity contribution < 1.29 is 14.6 Å². The summed E-state index contributed by atoms with van der Waals surface area (Å²) in [6.45, 7) is 5.13. The highest BCUT2D eigenvalue weighted by Crippen LogP contribution is 2.38. The lowest BCUT2D eigenvalue weighted by atomic mass is 10.1. The molecule has 0 spiro atoms. The number of benzene rings is 2. The maximum Gasteiger partial charge on any atom is 0.251 e. The molecule has 0 aromatic heterocycles. The third kappa shape index (κ3) is 5.66. The molecule has 0 bridgehead atoms. The number of anilines is 2. The largest absolute Gasteiger partial charge is 0.508 e. The number of rotatable bonds is 4. The molecular formula is C24H28N4O3. The summed E-state index contributed by atoms with van der Waals surface area (Å²) in [7, 11) is 1.65. The predicted molar refractivity (Wildman–Crippen MR) is 125 cm³/mol. The molecule has 0 fully saturated rings. The van der Waals surface area contributed by atoms with Gasteiger partial charge in [0.05, 0.1) is 25.0 Å². The van der Waals surface area contributed by atoms with E-state index in [2.05, 4.69) is 20.9 Å². The second-order valence-electron chi connectivity index (χ2n) is 7.12. The molecule has 162 valence electrons. The van der Waals surface area contributed by atoms with Crippen molar-refractivity contribution in [2.75, 3.05) is 30.8 Å². The molecule has 4 N–H and O–H groups in total. The van der Waals surface area contributed by atoms with Crippen molar-refractivity contribution in [3.8, 4) is 5.75 Å². The summed E-state index contributed by atoms with van der Waals surface area (Å²) in [4.78, 5) is 15.9. The number of aryl methyl sites for hydroxylation is 1. The Morgan fingerprint density at radius 2 is 2.00 bits per heavy atom. The highest BCUT2D eigenvalue weighted by molar-refractivity contribution is 5.96. The molecule has 31 heavy (non-hydrogen) atoms. The molecule has 7 nitrogen and oxygen atoms in total. The summed E-state index contributed by atoms with van der Waals surface area (Å²) in [6, 6.07) is 11.0. The number of carbonyl (C=O) groups excluding carboxylic acids is 1. The molecule has 0 radical (unpaired) electrons. The van der Waals surface area contributed by atoms with Crippen molar-refractivity contribution in [3.63, 3.8) is 0 Å². The minimum Gasteiger partial charge on any atom is -0.508 e. The fraction of sp³-hybridized carbons (Fsp3) is 0.250. The van der Waals surface area contributed by atoms with E-state index in [1.807, 2.05) is 56.3 Å². The van der Waals surface area contributed by atoms with Crippen LogP contribution >= 0.6 is 0 Å². The molecule has 0 saturated carbocycles. The van der Waals surface area contributed by atoms with Crippen LogP contribution in [0, 0.1) is 6.92 Å². The van der Waals surface area contributed by atoms with Gasteiger partial charge in [-0.1, -0.05) is 17.7 Å². The molecule has 0 aliphatic carbocycles. The summed E-state index contributed by atoms with van der Waals surface area (Å²) >= 11 is 0. The van der Waals surface area contributed by atoms with E-state index in [-0.39, 0.29) is 17.8 Å². The molecule has 2 aromatic carbocycles. The van der Waals surface area contributed by atoms with Crippen LogP contribution in [0.2, 0.25) is 0 Å². The van der Waals surface area contributed by atoms with Crippen LogP contribution in [0.3, 0.4) is 0 Å². The van der Waals surface area contributed by atoms with Gasteiger partial charge in [-0.05, 0) is 56.3 Å². The molecule has 2 aliphatic heterocycles. The van der Waals surface area contributed by atoms with Gasteiger partial charge in [0, 0.05) is 23.9 Å². The SMILES string of the molecule is CCNC(=O)c1ccc2c(c1)NC(c1cc(C)ccc1O)N2.COC1=CC=CC=NC1. The smallest absolute Gasteiger partial charge is 0.251 e. The maximum absolute atomic E-state index is 11.9. The number of allylic oxidation sites excluding steroid dienone is 3. The van der Waals surface area contributed by atoms with E-state index < -0.39 is 0 Å². The lowest BCUT2D eigenvalue weighted by Crippen LogP contribution is -2.22. The van der Waals surface area contributed by atoms with E-state index in [0.29, 0.717) is 18.7 Å². The number of aromatic hydroxyl groups is 1. The number of methoxy groups -OCH3 is 1. The van der Waals surface area contributed by atoms with E-state index in [4.69, 9.17) is 4.74 Å². The number of carbonyl (C=O) groups is 1. The minimum absolute atomic E-state index is 0.0889. The van der Waals surface area contributed by atoms with Crippen LogP contribution in [-0.4, -0.2) is 37.4 Å². The van der Waals surface area contributed by atoms with Gasteiger partial charge in [-0.2, -0.15) is 0 Å². The lowest BCUT2D eigenvalue weighted by Gasteiger charge is -2.15. The van der Waals surface area contributed by atoms with Crippen molar-refractivity contribution in [1.82, 2.24) is 5.32 Å². The summed E-state index contributed by atoms with van der Waals surface area (Å²) in [6.07, 6.45) is 7.26. The van der Waals surface area contributed by atoms with E-state index in [0.717, 1.165) is 28.3 Å². The van der Waals surface area contributed by atoms with Gasteiger partial charge in [0.15, 0.2) is 0 Å². The number of hydrogen-bond donors (Lipinski definition) is 4. The van der Waals surface area contributed by atoms with Crippen LogP contribution in [0.15, 0.2) is 65.4 Å². The standard InChI is InChI=1S/C17H19N3O2.C7H9NO/c1-3-18-17(22)11-5-6-13-14(9-11)20-16(19-13)12-8-10(2)4-7-15(12)21;1-9-7-4-2-3-5-8-6-7/h4-9,16,19-21H,3H2,1-2H3,(H,18,22);2-5H,6H2,1H3. The first-order chi connectivity index (χ1) is 15.0. The van der Waals surface area contributed by atoms with E-state index in [9.17, 15) is 9.90 Å². The monoisotopic (exact) mass is 420 g/mol. The molecule has 4 rings (SSSR count). The third-order valence-corrected chi connectivity index (χ3v) is 4.81. The lowest BCUT2D eigenvalue weighted by molar-refractivity contribution is 0.0956. The fourth-order valence-corrected chi connectivity index (χ4v) is 3.20. The zero-order valence-electron chi connectivity index (χ0n) is 18.0. The first-order valence-electron chi connectivity index (χ1n) is 10.2. The van der Waals surface area contributed by atoms with Gasteiger partial charge >= 0.3 is 0 Å². The van der Waals surface area contributed by atoms with Crippen molar-refractivity contribution in [2.24, 2.45) is 4.99 Å². The van der Waals surface area contributed by atoms with Crippen LogP contribution in [0.25, 0.3) is 0 Å². The average Bonchev–Trinajstić information content (AvgIpc) is 3.01. The van der Waals surface area contributed by atoms with Gasteiger partial charge in [0.25, 0.3) is 5.91 Å². The molecule has 2 heterocycles. The number of ether oxygens (including phenoxy) is 1. The van der Waals surface area contributed by atoms with Crippen molar-refractivity contribution >= 4 is 23.5 Å². The Labute approximate surface area is 182 Å². The Hall–Kier alpha value is -3.74. The number of nitrogens with one attached hydrogen (secondary N) is 3. The van der Waals surface area contributed by atoms with Crippen LogP contribution < -0.4 is 16.0 Å². The van der Waals surface area contributed by atoms with Crippen molar-refractivity contribution in [2.45, 2.75) is 20.0 Å². The van der Waals surface area contributed by atoms with Crippen LogP contribution in [0.5, 0.6) is 5.75 Å². The van der Waals surface area contributed by atoms with Gasteiger partial charge in [-0.25, -0.2) is 0 Å². The predicted octanol–water partition coefficient (Wildman–Crippen LogP) is 4.14. The number of nitrogens with zero attached hydrogens (tertiary/aromatic N) is 1. The quantitative estimate of drug-likeness (QED) is 0.596. The Morgan fingerprint density at radius 3 is 2.77 bits per heavy atom. The van der Waals surface area contributed by atoms with Crippen molar-refractivity contribution in [3.05, 3.63) is 77.1 Å². The molecule has 2 aliphatic rings. The molecule has 1 atom stereocenters. The number of amides is 1. The van der Waals surface area contributed by atoms with Gasteiger partial charge < -0.3 is 25.8 Å². The Morgan fingerprint density at radius 1 is 1.19 bits per heavy atom. The number of fused-ring (bicyclic) bond motifs is 1. The number of aliphatic imine (C=N–C) groups is 1. The van der Waals surface area contributed by atoms with Gasteiger partial charge in [0.2, 0.25) is 0 Å². The molecule has 1 amide bonds. The average molecular weight is 421 g/mol. The topological polar surface area (TPSA) is 95.0 Å². The first kappa shape index (κ1) is 22.0. The van der Waals surface area contributed by atoms with E-state index >= 15 is 0 Å². The number of hydrogen-bond acceptors (Lipinski definition) is 6. The zero-order chi connectivity index (χ0) is 22.2. The number of phenolic OH excluding ortho intramolecular Hbond substituents is 1. The van der Waals surface area contributed by atoms with Gasteiger partial charge in [-0.3, -0.25) is 9.79 Å². The summed E-state index contributed by atoms with van der Waals surface area (Å²) in [5.74, 6) is 1.06. The molecule has 7 heteroatoms. The van der Waals surface area contributed by atoms with Crippen LogP contribution in [0.4, 0.5) is 11.4 Å². The molecular weight excluding hydrogens is 392 g/mol. The minimum atomic E-state index is -0.209. The molecule has 0 saturated heterocycles. The Kier molecular flexibility index (Phi) is 7.32. The Balaban J connectivity index is 0.000000254. The van der Waals surface area contributed by atoms with Gasteiger partial charge in [0.1, 0.15) is 17.7 Å². The molecule has 1 unspecified atom stereocenters. The number of phenols is 1. The van der Waals surface area contributed by atoms with Crippen LogP contribution in [-0.2, 0) is 4.74 Å². The molecule has 2 aromatic rings. The first-order valence-corrected chi connectivity index (χ1v) is 10.2. The summed E-state index contributed by atoms with van der Waals surface area (Å²) in [5.41, 5.74) is 4.25. The summed E-state index contributed by atoms with van der Waals surface area (Å²) in [5, 5.41) is 19.4. The zero-order valence-corrected chi connectivity index (χ0v) is 18.0. The summed E-state index contributed by atoms with van der Waals surface area (Å²) < 4.78 is 4.97. The maximum atomic E-state index is 11.9.